The molecule has 0 radical (unpaired) electrons. The molecule has 0 aromatic heterocycles. The van der Waals surface area contributed by atoms with Gasteiger partial charge in [-0.25, -0.2) is 4.79 Å². The third kappa shape index (κ3) is 7.20. The molecule has 1 amide bonds. The van der Waals surface area contributed by atoms with Crippen LogP contribution < -0.4 is 15.5 Å². The molecule has 0 aliphatic carbocycles. The number of hydrogen-bond acceptors (Lipinski definition) is 6. The zero-order valence-electron chi connectivity index (χ0n) is 21.8. The quantitative estimate of drug-likeness (QED) is 0.393. The summed E-state index contributed by atoms with van der Waals surface area (Å²) < 4.78 is 5.13. The molecule has 1 fully saturated rings. The number of aliphatic imine (C=N–C) groups is 1. The van der Waals surface area contributed by atoms with E-state index in [4.69, 9.17) is 15.5 Å². The SMILES string of the molecule is C=C.CC.CCOC(=O)/C(N)=C1\CN(c2ccc3c(c2)CCCN3C(C)=O)CCC1=NC(C)C. The van der Waals surface area contributed by atoms with Gasteiger partial charge in [0.25, 0.3) is 0 Å². The minimum absolute atomic E-state index is 0.0728. The van der Waals surface area contributed by atoms with Gasteiger partial charge in [0.1, 0.15) is 5.70 Å². The number of anilines is 2. The molecule has 0 saturated carbocycles. The fraction of sp³-hybridized carbons (Fsp3) is 0.519. The largest absolute Gasteiger partial charge is 0.461 e. The molecule has 1 saturated heterocycles. The molecule has 2 aliphatic rings. The molecule has 2 aliphatic heterocycles. The first-order chi connectivity index (χ1) is 16.3. The number of aryl methyl sites for hydroxylation is 1. The average molecular weight is 471 g/mol. The highest BCUT2D eigenvalue weighted by molar-refractivity contribution is 6.08. The highest BCUT2D eigenvalue weighted by atomic mass is 16.5. The number of hydrogen-bond donors (Lipinski definition) is 1. The molecule has 1 aromatic rings. The molecule has 0 bridgehead atoms. The molecule has 2 heterocycles. The maximum Gasteiger partial charge on any atom is 0.354 e. The highest BCUT2D eigenvalue weighted by Gasteiger charge is 2.27. The molecule has 2 N–H and O–H groups in total. The van der Waals surface area contributed by atoms with Gasteiger partial charge in [-0.2, -0.15) is 0 Å². The highest BCUT2D eigenvalue weighted by Crippen LogP contribution is 2.32. The predicted molar refractivity (Wildman–Crippen MR) is 143 cm³/mol. The molecular formula is C27H42N4O3. The van der Waals surface area contributed by atoms with Crippen LogP contribution in [0.5, 0.6) is 0 Å². The summed E-state index contributed by atoms with van der Waals surface area (Å²) >= 11 is 0. The summed E-state index contributed by atoms with van der Waals surface area (Å²) in [5.74, 6) is -0.419. The fourth-order valence-electron chi connectivity index (χ4n) is 4.11. The van der Waals surface area contributed by atoms with Gasteiger partial charge in [0.2, 0.25) is 5.91 Å². The van der Waals surface area contributed by atoms with Crippen molar-refractivity contribution in [1.82, 2.24) is 0 Å². The fourth-order valence-corrected chi connectivity index (χ4v) is 4.11. The maximum absolute atomic E-state index is 12.3. The second-order valence-corrected chi connectivity index (χ2v) is 8.04. The van der Waals surface area contributed by atoms with Crippen LogP contribution in [0.3, 0.4) is 0 Å². The van der Waals surface area contributed by atoms with E-state index >= 15 is 0 Å². The van der Waals surface area contributed by atoms with Gasteiger partial charge >= 0.3 is 5.97 Å². The Morgan fingerprint density at radius 2 is 1.85 bits per heavy atom. The summed E-state index contributed by atoms with van der Waals surface area (Å²) in [6.07, 6.45) is 2.63. The number of benzene rings is 1. The van der Waals surface area contributed by atoms with E-state index in [0.717, 1.165) is 48.6 Å². The third-order valence-corrected chi connectivity index (χ3v) is 5.48. The Balaban J connectivity index is 0.00000137. The van der Waals surface area contributed by atoms with Crippen molar-refractivity contribution >= 4 is 29.0 Å². The lowest BCUT2D eigenvalue weighted by molar-refractivity contribution is -0.138. The van der Waals surface area contributed by atoms with Gasteiger partial charge in [0.15, 0.2) is 0 Å². The van der Waals surface area contributed by atoms with Crippen LogP contribution in [0.1, 0.15) is 59.9 Å². The Bertz CT molecular complexity index is 905. The van der Waals surface area contributed by atoms with Crippen molar-refractivity contribution in [1.29, 1.82) is 0 Å². The first kappa shape index (κ1) is 28.9. The van der Waals surface area contributed by atoms with E-state index in [1.807, 2.05) is 44.7 Å². The van der Waals surface area contributed by atoms with Crippen LogP contribution in [0.4, 0.5) is 11.4 Å². The summed E-state index contributed by atoms with van der Waals surface area (Å²) in [5.41, 5.74) is 11.2. The molecule has 0 atom stereocenters. The summed E-state index contributed by atoms with van der Waals surface area (Å²) in [6, 6.07) is 6.36. The van der Waals surface area contributed by atoms with Gasteiger partial charge in [0, 0.05) is 61.7 Å². The van der Waals surface area contributed by atoms with E-state index < -0.39 is 5.97 Å². The van der Waals surface area contributed by atoms with E-state index in [0.29, 0.717) is 13.0 Å². The van der Waals surface area contributed by atoms with Crippen LogP contribution in [0.2, 0.25) is 0 Å². The smallest absolute Gasteiger partial charge is 0.354 e. The maximum atomic E-state index is 12.3. The molecule has 34 heavy (non-hydrogen) atoms. The molecule has 188 valence electrons. The van der Waals surface area contributed by atoms with Crippen molar-refractivity contribution in [3.63, 3.8) is 0 Å². The monoisotopic (exact) mass is 470 g/mol. The number of nitrogens with two attached hydrogens (primary N) is 1. The van der Waals surface area contributed by atoms with Crippen molar-refractivity contribution in [2.75, 3.05) is 36.0 Å². The van der Waals surface area contributed by atoms with E-state index in [2.05, 4.69) is 24.1 Å². The van der Waals surface area contributed by atoms with Gasteiger partial charge in [0.05, 0.1) is 6.61 Å². The summed E-state index contributed by atoms with van der Waals surface area (Å²) in [4.78, 5) is 33.0. The number of esters is 1. The Morgan fingerprint density at radius 1 is 1.18 bits per heavy atom. The molecule has 7 heteroatoms. The van der Waals surface area contributed by atoms with E-state index in [1.165, 1.54) is 5.56 Å². The van der Waals surface area contributed by atoms with Gasteiger partial charge in [-0.05, 0) is 57.4 Å². The lowest BCUT2D eigenvalue weighted by Crippen LogP contribution is -2.39. The lowest BCUT2D eigenvalue weighted by Gasteiger charge is -2.34. The van der Waals surface area contributed by atoms with Crippen LogP contribution in [-0.4, -0.2) is 49.9 Å². The summed E-state index contributed by atoms with van der Waals surface area (Å²) in [6.45, 7) is 19.8. The van der Waals surface area contributed by atoms with Crippen LogP contribution in [-0.2, 0) is 20.7 Å². The number of fused-ring (bicyclic) bond motifs is 1. The number of ether oxygens (including phenoxy) is 1. The van der Waals surface area contributed by atoms with Crippen LogP contribution in [0.25, 0.3) is 0 Å². The molecule has 0 unspecified atom stereocenters. The topological polar surface area (TPSA) is 88.2 Å². The second-order valence-electron chi connectivity index (χ2n) is 8.04. The first-order valence-electron chi connectivity index (χ1n) is 12.2. The second kappa shape index (κ2) is 14.2. The Morgan fingerprint density at radius 3 is 2.44 bits per heavy atom. The van der Waals surface area contributed by atoms with Gasteiger partial charge in [-0.15, -0.1) is 13.2 Å². The van der Waals surface area contributed by atoms with Crippen LogP contribution in [0, 0.1) is 0 Å². The third-order valence-electron chi connectivity index (χ3n) is 5.48. The van der Waals surface area contributed by atoms with Crippen molar-refractivity contribution in [2.45, 2.75) is 66.8 Å². The minimum atomic E-state index is -0.492. The first-order valence-corrected chi connectivity index (χ1v) is 12.2. The lowest BCUT2D eigenvalue weighted by atomic mass is 9.97. The van der Waals surface area contributed by atoms with E-state index in [-0.39, 0.29) is 24.3 Å². The van der Waals surface area contributed by atoms with Crippen LogP contribution >= 0.6 is 0 Å². The predicted octanol–water partition coefficient (Wildman–Crippen LogP) is 4.65. The Hall–Kier alpha value is -3.09. The van der Waals surface area contributed by atoms with E-state index in [1.54, 1.807) is 13.8 Å². The van der Waals surface area contributed by atoms with Gasteiger partial charge < -0.3 is 20.3 Å². The zero-order chi connectivity index (χ0) is 25.8. The molecule has 0 spiro atoms. The standard InChI is InChI=1S/C23H32N4O3.C2H6.C2H4/c1-5-30-23(29)22(24)19-14-26(12-10-20(19)25-15(2)3)18-8-9-21-17(13-18)7-6-11-27(21)16(4)28;2*1-2/h8-9,13,15H,5-7,10-12,14,24H2,1-4H3;1-2H3;1-2H2/b22-19-,25-20?;;. The van der Waals surface area contributed by atoms with Gasteiger partial charge in [-0.3, -0.25) is 9.79 Å². The number of piperidine rings is 1. The number of amides is 1. The number of carbonyl (C=O) groups is 2. The van der Waals surface area contributed by atoms with E-state index in [9.17, 15) is 9.59 Å². The van der Waals surface area contributed by atoms with Crippen molar-refractivity contribution in [3.05, 3.63) is 48.2 Å². The molecule has 7 nitrogen and oxygen atoms in total. The summed E-state index contributed by atoms with van der Waals surface area (Å²) in [7, 11) is 0. The number of nitrogens with zero attached hydrogens (tertiary/aromatic N) is 3. The van der Waals surface area contributed by atoms with Crippen molar-refractivity contribution in [3.8, 4) is 0 Å². The molecule has 3 rings (SSSR count). The summed E-state index contributed by atoms with van der Waals surface area (Å²) in [5, 5.41) is 0. The van der Waals surface area contributed by atoms with Gasteiger partial charge in [-0.1, -0.05) is 13.8 Å². The van der Waals surface area contributed by atoms with Crippen molar-refractivity contribution in [2.24, 2.45) is 10.7 Å². The average Bonchev–Trinajstić information content (AvgIpc) is 2.85. The molecular weight excluding hydrogens is 428 g/mol. The van der Waals surface area contributed by atoms with Crippen LogP contribution in [0.15, 0.2) is 47.6 Å². The normalized spacial score (nSPS) is 17.7. The Kier molecular flexibility index (Phi) is 12.1. The minimum Gasteiger partial charge on any atom is -0.461 e. The zero-order valence-corrected chi connectivity index (χ0v) is 21.8. The van der Waals surface area contributed by atoms with Crippen molar-refractivity contribution < 1.29 is 14.3 Å². The molecule has 1 aromatic carbocycles. The number of carbonyl (C=O) groups excluding carboxylic acids is 2. The number of rotatable bonds is 4. The Labute approximate surface area is 205 Å².